The molecule has 0 fully saturated rings. The lowest BCUT2D eigenvalue weighted by Gasteiger charge is -2.04. The smallest absolute Gasteiger partial charge is 0.140 e. The molecule has 0 radical (unpaired) electrons. The summed E-state index contributed by atoms with van der Waals surface area (Å²) >= 11 is 0. The zero-order valence-corrected chi connectivity index (χ0v) is 6.86. The standard InChI is InChI=1S/C6H14O2S/c1-3-6(4-2)5-9(7)8/h6,9H,3-5H2,1-2H3. The Labute approximate surface area is 58.2 Å². The van der Waals surface area contributed by atoms with Crippen LogP contribution in [0.15, 0.2) is 0 Å². The summed E-state index contributed by atoms with van der Waals surface area (Å²) in [5.41, 5.74) is 0. The van der Waals surface area contributed by atoms with Gasteiger partial charge >= 0.3 is 0 Å². The lowest BCUT2D eigenvalue weighted by molar-refractivity contribution is 0.532. The van der Waals surface area contributed by atoms with Gasteiger partial charge in [0.05, 0.1) is 5.75 Å². The van der Waals surface area contributed by atoms with Crippen molar-refractivity contribution in [2.24, 2.45) is 5.92 Å². The molecule has 0 spiro atoms. The van der Waals surface area contributed by atoms with Gasteiger partial charge in [-0.15, -0.1) is 0 Å². The Kier molecular flexibility index (Phi) is 4.77. The third-order valence-electron chi connectivity index (χ3n) is 1.56. The van der Waals surface area contributed by atoms with E-state index in [1.807, 2.05) is 13.8 Å². The molecule has 0 aliphatic carbocycles. The lowest BCUT2D eigenvalue weighted by Crippen LogP contribution is -2.04. The molecule has 0 aromatic heterocycles. The van der Waals surface area contributed by atoms with E-state index in [0.29, 0.717) is 11.7 Å². The largest absolute Gasteiger partial charge is 0.232 e. The van der Waals surface area contributed by atoms with Crippen LogP contribution in [0.2, 0.25) is 0 Å². The second kappa shape index (κ2) is 4.79. The molecule has 9 heavy (non-hydrogen) atoms. The second-order valence-corrected chi connectivity index (χ2v) is 3.23. The molecule has 0 aromatic carbocycles. The molecule has 0 N–H and O–H groups in total. The van der Waals surface area contributed by atoms with Gasteiger partial charge in [-0.05, 0) is 5.92 Å². The zero-order valence-electron chi connectivity index (χ0n) is 5.96. The van der Waals surface area contributed by atoms with Crippen molar-refractivity contribution in [1.29, 1.82) is 0 Å². The highest BCUT2D eigenvalue weighted by molar-refractivity contribution is 7.72. The highest BCUT2D eigenvalue weighted by Crippen LogP contribution is 2.06. The van der Waals surface area contributed by atoms with Crippen LogP contribution < -0.4 is 0 Å². The molecule has 0 aromatic rings. The Morgan fingerprint density at radius 2 is 1.67 bits per heavy atom. The highest BCUT2D eigenvalue weighted by Gasteiger charge is 2.02. The minimum atomic E-state index is -2.15. The first-order valence-corrected chi connectivity index (χ1v) is 4.68. The first kappa shape index (κ1) is 8.95. The summed E-state index contributed by atoms with van der Waals surface area (Å²) in [5.74, 6) is 0.744. The van der Waals surface area contributed by atoms with E-state index >= 15 is 0 Å². The van der Waals surface area contributed by atoms with E-state index in [9.17, 15) is 8.42 Å². The van der Waals surface area contributed by atoms with Crippen molar-refractivity contribution < 1.29 is 8.42 Å². The van der Waals surface area contributed by atoms with Crippen molar-refractivity contribution in [2.45, 2.75) is 26.7 Å². The second-order valence-electron chi connectivity index (χ2n) is 2.20. The third-order valence-corrected chi connectivity index (χ3v) is 2.38. The summed E-state index contributed by atoms with van der Waals surface area (Å²) in [6.45, 7) is 4.04. The average Bonchev–Trinajstić information content (AvgIpc) is 1.82. The van der Waals surface area contributed by atoms with Gasteiger partial charge in [0.2, 0.25) is 0 Å². The molecule has 56 valence electrons. The van der Waals surface area contributed by atoms with E-state index in [1.54, 1.807) is 0 Å². The molecule has 0 atom stereocenters. The van der Waals surface area contributed by atoms with Gasteiger partial charge in [-0.25, -0.2) is 8.42 Å². The van der Waals surface area contributed by atoms with Crippen molar-refractivity contribution in [3.63, 3.8) is 0 Å². The van der Waals surface area contributed by atoms with Gasteiger partial charge in [-0.2, -0.15) is 0 Å². The lowest BCUT2D eigenvalue weighted by atomic mass is 10.1. The molecule has 3 heteroatoms. The predicted octanol–water partition coefficient (Wildman–Crippen LogP) is 1.03. The van der Waals surface area contributed by atoms with E-state index in [-0.39, 0.29) is 0 Å². The van der Waals surface area contributed by atoms with Crippen LogP contribution in [0.25, 0.3) is 0 Å². The summed E-state index contributed by atoms with van der Waals surface area (Å²) in [6.07, 6.45) is 1.94. The molecule has 0 saturated heterocycles. The minimum absolute atomic E-state index is 0.363. The van der Waals surface area contributed by atoms with Gasteiger partial charge < -0.3 is 0 Å². The number of hydrogen-bond donors (Lipinski definition) is 1. The molecule has 0 heterocycles. The van der Waals surface area contributed by atoms with Gasteiger partial charge in [0, 0.05) is 0 Å². The minimum Gasteiger partial charge on any atom is -0.232 e. The zero-order chi connectivity index (χ0) is 7.28. The summed E-state index contributed by atoms with van der Waals surface area (Å²) in [6, 6.07) is 0. The van der Waals surface area contributed by atoms with Crippen molar-refractivity contribution >= 4 is 10.7 Å². The van der Waals surface area contributed by atoms with Crippen LogP contribution >= 0.6 is 0 Å². The molecule has 0 amide bonds. The van der Waals surface area contributed by atoms with Crippen LogP contribution in [-0.2, 0) is 10.7 Å². The molecule has 0 aliphatic heterocycles. The van der Waals surface area contributed by atoms with E-state index in [4.69, 9.17) is 0 Å². The van der Waals surface area contributed by atoms with E-state index in [0.717, 1.165) is 12.8 Å². The van der Waals surface area contributed by atoms with Gasteiger partial charge in [-0.1, -0.05) is 26.7 Å². The van der Waals surface area contributed by atoms with Crippen LogP contribution in [0.5, 0.6) is 0 Å². The Balaban J connectivity index is 3.55. The van der Waals surface area contributed by atoms with Gasteiger partial charge in [0.15, 0.2) is 0 Å². The van der Waals surface area contributed by atoms with Crippen molar-refractivity contribution in [3.8, 4) is 0 Å². The molecular weight excluding hydrogens is 136 g/mol. The maximum absolute atomic E-state index is 10.2. The topological polar surface area (TPSA) is 34.1 Å². The van der Waals surface area contributed by atoms with Crippen molar-refractivity contribution in [3.05, 3.63) is 0 Å². The summed E-state index contributed by atoms with van der Waals surface area (Å²) in [7, 11) is -2.15. The van der Waals surface area contributed by atoms with Crippen molar-refractivity contribution in [2.75, 3.05) is 5.75 Å². The molecule has 0 bridgehead atoms. The van der Waals surface area contributed by atoms with Gasteiger partial charge in [0.25, 0.3) is 0 Å². The van der Waals surface area contributed by atoms with Gasteiger partial charge in [0.1, 0.15) is 10.7 Å². The number of hydrogen-bond acceptors (Lipinski definition) is 2. The summed E-state index contributed by atoms with van der Waals surface area (Å²) in [4.78, 5) is 0. The van der Waals surface area contributed by atoms with Crippen LogP contribution in [0.1, 0.15) is 26.7 Å². The number of thiol groups is 1. The maximum Gasteiger partial charge on any atom is 0.140 e. The Morgan fingerprint density at radius 1 is 1.22 bits per heavy atom. The maximum atomic E-state index is 10.2. The van der Waals surface area contributed by atoms with E-state index in [2.05, 4.69) is 0 Å². The van der Waals surface area contributed by atoms with Crippen LogP contribution in [0.3, 0.4) is 0 Å². The first-order chi connectivity index (χ1) is 4.20. The molecule has 0 unspecified atom stereocenters. The van der Waals surface area contributed by atoms with Crippen LogP contribution in [0.4, 0.5) is 0 Å². The molecule has 0 rings (SSSR count). The predicted molar refractivity (Wildman–Crippen MR) is 39.3 cm³/mol. The SMILES string of the molecule is CCC(CC)C[SH](=O)=O. The first-order valence-electron chi connectivity index (χ1n) is 3.32. The van der Waals surface area contributed by atoms with Crippen molar-refractivity contribution in [1.82, 2.24) is 0 Å². The third kappa shape index (κ3) is 4.45. The summed E-state index contributed by atoms with van der Waals surface area (Å²) < 4.78 is 20.3. The monoisotopic (exact) mass is 150 g/mol. The number of rotatable bonds is 4. The molecule has 0 saturated carbocycles. The van der Waals surface area contributed by atoms with Gasteiger partial charge in [-0.3, -0.25) is 0 Å². The normalized spacial score (nSPS) is 11.1. The van der Waals surface area contributed by atoms with E-state index < -0.39 is 10.7 Å². The summed E-state index contributed by atoms with van der Waals surface area (Å²) in [5, 5.41) is 0. The fourth-order valence-corrected chi connectivity index (χ4v) is 1.70. The highest BCUT2D eigenvalue weighted by atomic mass is 32.2. The fourth-order valence-electron chi connectivity index (χ4n) is 0.758. The average molecular weight is 150 g/mol. The van der Waals surface area contributed by atoms with Crippen LogP contribution in [0, 0.1) is 5.92 Å². The fraction of sp³-hybridized carbons (Fsp3) is 1.00. The Hall–Kier alpha value is -0.0500. The van der Waals surface area contributed by atoms with Crippen LogP contribution in [-0.4, -0.2) is 14.2 Å². The molecule has 2 nitrogen and oxygen atoms in total. The Morgan fingerprint density at radius 3 is 1.78 bits per heavy atom. The molecular formula is C6H14O2S. The Bertz CT molecular complexity index is 117. The quantitative estimate of drug-likeness (QED) is 0.607. The molecule has 0 aliphatic rings. The van der Waals surface area contributed by atoms with E-state index in [1.165, 1.54) is 0 Å².